The van der Waals surface area contributed by atoms with Crippen molar-refractivity contribution in [1.82, 2.24) is 14.5 Å². The lowest BCUT2D eigenvalue weighted by Crippen LogP contribution is -2.27. The fourth-order valence-corrected chi connectivity index (χ4v) is 2.84. The predicted molar refractivity (Wildman–Crippen MR) is 73.2 cm³/mol. The first-order chi connectivity index (χ1) is 9.74. The number of halogens is 1. The van der Waals surface area contributed by atoms with Gasteiger partial charge in [0.05, 0.1) is 11.9 Å². The van der Waals surface area contributed by atoms with E-state index in [1.54, 1.807) is 21.7 Å². The molecule has 0 unspecified atom stereocenters. The Hall–Kier alpha value is -2.02. The van der Waals surface area contributed by atoms with Gasteiger partial charge in [-0.15, -0.1) is 11.3 Å². The first-order valence-electron chi connectivity index (χ1n) is 6.36. The van der Waals surface area contributed by atoms with E-state index >= 15 is 0 Å². The quantitative estimate of drug-likeness (QED) is 0.757. The number of rotatable bonds is 1. The van der Waals surface area contributed by atoms with Crippen molar-refractivity contribution in [3.05, 3.63) is 40.7 Å². The van der Waals surface area contributed by atoms with Gasteiger partial charge in [0.15, 0.2) is 4.80 Å². The molecule has 0 atom stereocenters. The second-order valence-electron chi connectivity index (χ2n) is 4.48. The molecule has 2 amide bonds. The van der Waals surface area contributed by atoms with Crippen LogP contribution < -0.4 is 4.80 Å². The molecule has 3 heterocycles. The smallest absolute Gasteiger partial charge is 0.323 e. The minimum Gasteiger partial charge on any atom is -0.323 e. The highest BCUT2D eigenvalue weighted by Gasteiger charge is 2.17. The molecule has 0 spiro atoms. The van der Waals surface area contributed by atoms with E-state index in [1.807, 2.05) is 5.38 Å². The summed E-state index contributed by atoms with van der Waals surface area (Å²) in [6, 6.07) is 2.68. The van der Waals surface area contributed by atoms with E-state index in [2.05, 4.69) is 9.98 Å². The first kappa shape index (κ1) is 13.0. The third kappa shape index (κ3) is 2.62. The van der Waals surface area contributed by atoms with Gasteiger partial charge in [0.25, 0.3) is 0 Å². The van der Waals surface area contributed by atoms with Gasteiger partial charge in [0, 0.05) is 24.7 Å². The molecule has 3 rings (SSSR count). The molecule has 1 saturated heterocycles. The van der Waals surface area contributed by atoms with Crippen LogP contribution in [-0.2, 0) is 0 Å². The van der Waals surface area contributed by atoms with Crippen molar-refractivity contribution in [3.8, 4) is 5.69 Å². The van der Waals surface area contributed by atoms with E-state index in [-0.39, 0.29) is 6.03 Å². The Bertz CT molecular complexity index is 670. The van der Waals surface area contributed by atoms with Gasteiger partial charge in [0.2, 0.25) is 5.95 Å². The molecule has 1 aliphatic rings. The molecule has 0 bridgehead atoms. The van der Waals surface area contributed by atoms with Crippen LogP contribution in [0.3, 0.4) is 0 Å². The van der Waals surface area contributed by atoms with Crippen LogP contribution in [0.2, 0.25) is 0 Å². The van der Waals surface area contributed by atoms with Gasteiger partial charge in [-0.3, -0.25) is 4.57 Å². The van der Waals surface area contributed by atoms with Gasteiger partial charge in [-0.1, -0.05) is 0 Å². The van der Waals surface area contributed by atoms with E-state index in [4.69, 9.17) is 0 Å². The molecular weight excluding hydrogens is 279 g/mol. The zero-order valence-corrected chi connectivity index (χ0v) is 11.5. The summed E-state index contributed by atoms with van der Waals surface area (Å²) in [5.74, 6) is -0.531. The van der Waals surface area contributed by atoms with Crippen molar-refractivity contribution in [2.45, 2.75) is 12.8 Å². The second-order valence-corrected chi connectivity index (χ2v) is 5.36. The minimum atomic E-state index is -0.531. The highest BCUT2D eigenvalue weighted by molar-refractivity contribution is 7.07. The Balaban J connectivity index is 1.93. The maximum Gasteiger partial charge on any atom is 0.346 e. The van der Waals surface area contributed by atoms with Gasteiger partial charge < -0.3 is 4.90 Å². The van der Waals surface area contributed by atoms with Gasteiger partial charge in [-0.05, 0) is 25.0 Å². The number of pyridine rings is 1. The fourth-order valence-electron chi connectivity index (χ4n) is 2.12. The van der Waals surface area contributed by atoms with Gasteiger partial charge >= 0.3 is 6.03 Å². The average Bonchev–Trinajstić information content (AvgIpc) is 3.10. The first-order valence-corrected chi connectivity index (χ1v) is 7.24. The number of hydrogen-bond acceptors (Lipinski definition) is 3. The van der Waals surface area contributed by atoms with Crippen molar-refractivity contribution >= 4 is 17.4 Å². The maximum atomic E-state index is 12.8. The van der Waals surface area contributed by atoms with Gasteiger partial charge in [-0.2, -0.15) is 9.38 Å². The molecule has 0 aliphatic carbocycles. The molecule has 0 saturated carbocycles. The third-order valence-electron chi connectivity index (χ3n) is 3.15. The molecule has 0 radical (unpaired) electrons. The molecule has 2 aromatic rings. The number of thiazole rings is 1. The topological polar surface area (TPSA) is 50.5 Å². The van der Waals surface area contributed by atoms with Crippen molar-refractivity contribution in [2.75, 3.05) is 13.1 Å². The number of carbonyl (C=O) groups is 1. The number of nitrogens with zero attached hydrogens (tertiary/aromatic N) is 4. The van der Waals surface area contributed by atoms with Crippen LogP contribution in [-0.4, -0.2) is 33.6 Å². The normalized spacial score (nSPS) is 15.8. The molecule has 0 N–H and O–H groups in total. The number of aromatic nitrogens is 2. The summed E-state index contributed by atoms with van der Waals surface area (Å²) < 4.78 is 14.6. The van der Waals surface area contributed by atoms with Gasteiger partial charge in [-0.25, -0.2) is 9.78 Å². The molecule has 7 heteroatoms. The predicted octanol–water partition coefficient (Wildman–Crippen LogP) is 2.19. The van der Waals surface area contributed by atoms with E-state index < -0.39 is 5.95 Å². The van der Waals surface area contributed by atoms with E-state index in [0.717, 1.165) is 25.9 Å². The number of urea groups is 1. The lowest BCUT2D eigenvalue weighted by Gasteiger charge is -2.10. The number of hydrogen-bond donors (Lipinski definition) is 0. The average molecular weight is 292 g/mol. The van der Waals surface area contributed by atoms with Crippen LogP contribution in [0.25, 0.3) is 5.69 Å². The van der Waals surface area contributed by atoms with E-state index in [1.165, 1.54) is 23.6 Å². The van der Waals surface area contributed by atoms with E-state index in [9.17, 15) is 9.18 Å². The van der Waals surface area contributed by atoms with Crippen LogP contribution in [0, 0.1) is 5.95 Å². The Kier molecular flexibility index (Phi) is 3.60. The van der Waals surface area contributed by atoms with Gasteiger partial charge in [0.1, 0.15) is 0 Å². The summed E-state index contributed by atoms with van der Waals surface area (Å²) >= 11 is 1.36. The fraction of sp³-hybridized carbons (Fsp3) is 0.308. The molecule has 20 heavy (non-hydrogen) atoms. The summed E-state index contributed by atoms with van der Waals surface area (Å²) in [6.45, 7) is 1.54. The maximum absolute atomic E-state index is 12.8. The zero-order valence-electron chi connectivity index (χ0n) is 10.7. The number of amides is 2. The Morgan fingerprint density at radius 1 is 1.35 bits per heavy atom. The van der Waals surface area contributed by atoms with Crippen molar-refractivity contribution < 1.29 is 9.18 Å². The highest BCUT2D eigenvalue weighted by Crippen LogP contribution is 2.09. The Labute approximate surface area is 119 Å². The molecule has 1 fully saturated rings. The molecule has 1 aliphatic heterocycles. The Morgan fingerprint density at radius 2 is 2.15 bits per heavy atom. The second kappa shape index (κ2) is 5.54. The monoisotopic (exact) mass is 292 g/mol. The third-order valence-corrected chi connectivity index (χ3v) is 3.90. The SMILES string of the molecule is O=C(/N=c1\sccn1-c1ccc(F)nc1)N1CCCC1. The van der Waals surface area contributed by atoms with Crippen LogP contribution in [0.5, 0.6) is 0 Å². The summed E-state index contributed by atoms with van der Waals surface area (Å²) in [5.41, 5.74) is 0.681. The highest BCUT2D eigenvalue weighted by atomic mass is 32.1. The standard InChI is InChI=1S/C13H13FN4OS/c14-11-4-3-10(9-15-11)18-7-8-20-13(18)16-12(19)17-5-1-2-6-17/h3-4,7-9H,1-2,5-6H2/b16-13-. The van der Waals surface area contributed by atoms with Crippen LogP contribution in [0.1, 0.15) is 12.8 Å². The minimum absolute atomic E-state index is 0.214. The number of carbonyl (C=O) groups excluding carboxylic acids is 1. The largest absolute Gasteiger partial charge is 0.346 e. The number of likely N-dealkylation sites (tertiary alicyclic amines) is 1. The van der Waals surface area contributed by atoms with Crippen LogP contribution in [0.15, 0.2) is 34.9 Å². The summed E-state index contributed by atoms with van der Waals surface area (Å²) in [7, 11) is 0. The van der Waals surface area contributed by atoms with Crippen molar-refractivity contribution in [2.24, 2.45) is 4.99 Å². The lowest BCUT2D eigenvalue weighted by molar-refractivity contribution is 0.218. The zero-order chi connectivity index (χ0) is 13.9. The lowest BCUT2D eigenvalue weighted by atomic mass is 10.4. The molecule has 0 aromatic carbocycles. The van der Waals surface area contributed by atoms with Crippen LogP contribution >= 0.6 is 11.3 Å². The summed E-state index contributed by atoms with van der Waals surface area (Å²) in [5, 5.41) is 1.83. The van der Waals surface area contributed by atoms with E-state index in [0.29, 0.717) is 10.5 Å². The molecular formula is C13H13FN4OS. The van der Waals surface area contributed by atoms with Crippen LogP contribution in [0.4, 0.5) is 9.18 Å². The molecule has 104 valence electrons. The molecule has 5 nitrogen and oxygen atoms in total. The Morgan fingerprint density at radius 3 is 2.85 bits per heavy atom. The van der Waals surface area contributed by atoms with Crippen molar-refractivity contribution in [3.63, 3.8) is 0 Å². The molecule has 2 aromatic heterocycles. The summed E-state index contributed by atoms with van der Waals surface area (Å²) in [6.07, 6.45) is 5.28. The van der Waals surface area contributed by atoms with Crippen molar-refractivity contribution in [1.29, 1.82) is 0 Å². The summed E-state index contributed by atoms with van der Waals surface area (Å²) in [4.78, 5) is 22.1.